The number of rotatable bonds is 7. The van der Waals surface area contributed by atoms with Crippen LogP contribution in [0.2, 0.25) is 0 Å². The van der Waals surface area contributed by atoms with Crippen molar-refractivity contribution in [1.29, 1.82) is 0 Å². The van der Waals surface area contributed by atoms with Gasteiger partial charge in [-0.05, 0) is 80.8 Å². The van der Waals surface area contributed by atoms with Crippen LogP contribution in [-0.4, -0.2) is 26.4 Å². The van der Waals surface area contributed by atoms with Crippen molar-refractivity contribution in [2.75, 3.05) is 11.1 Å². The van der Waals surface area contributed by atoms with Gasteiger partial charge in [0, 0.05) is 18.7 Å². The second-order valence-corrected chi connectivity index (χ2v) is 10.4. The molecule has 1 aromatic heterocycles. The largest absolute Gasteiger partial charge is 0.325 e. The number of aromatic nitrogens is 3. The minimum atomic E-state index is -0.00510. The highest BCUT2D eigenvalue weighted by atomic mass is 32.2. The Morgan fingerprint density at radius 3 is 2.38 bits per heavy atom. The van der Waals surface area contributed by atoms with Crippen LogP contribution in [0.25, 0.3) is 0 Å². The van der Waals surface area contributed by atoms with Gasteiger partial charge in [0.2, 0.25) is 5.91 Å². The van der Waals surface area contributed by atoms with Gasteiger partial charge in [-0.3, -0.25) is 4.79 Å². The fourth-order valence-corrected chi connectivity index (χ4v) is 7.39. The molecule has 1 aromatic carbocycles. The molecule has 154 valence electrons. The van der Waals surface area contributed by atoms with Crippen molar-refractivity contribution in [2.24, 2.45) is 23.2 Å². The zero-order valence-corrected chi connectivity index (χ0v) is 18.0. The molecule has 4 fully saturated rings. The van der Waals surface area contributed by atoms with Crippen LogP contribution in [0.5, 0.6) is 0 Å². The van der Waals surface area contributed by atoms with Gasteiger partial charge in [-0.25, -0.2) is 0 Å². The highest BCUT2D eigenvalue weighted by Gasteiger charge is 2.51. The lowest BCUT2D eigenvalue weighted by Crippen LogP contribution is -2.47. The third-order valence-electron chi connectivity index (χ3n) is 7.20. The molecule has 4 aliphatic carbocycles. The number of carbonyl (C=O) groups excluding carboxylic acids is 1. The Bertz CT molecular complexity index is 843. The molecule has 0 spiro atoms. The van der Waals surface area contributed by atoms with E-state index in [-0.39, 0.29) is 5.91 Å². The molecule has 0 aliphatic heterocycles. The second-order valence-electron chi connectivity index (χ2n) is 9.44. The van der Waals surface area contributed by atoms with E-state index in [1.807, 2.05) is 30.3 Å². The minimum Gasteiger partial charge on any atom is -0.325 e. The lowest BCUT2D eigenvalue weighted by atomic mass is 9.49. The topological polar surface area (TPSA) is 59.8 Å². The summed E-state index contributed by atoms with van der Waals surface area (Å²) < 4.78 is 2.24. The van der Waals surface area contributed by atoms with Crippen LogP contribution in [-0.2, 0) is 17.8 Å². The van der Waals surface area contributed by atoms with E-state index in [4.69, 9.17) is 0 Å². The number of hydrogen-bond donors (Lipinski definition) is 1. The molecule has 1 heterocycles. The quantitative estimate of drug-likeness (QED) is 0.667. The molecule has 1 N–H and O–H groups in total. The Morgan fingerprint density at radius 2 is 1.76 bits per heavy atom. The lowest BCUT2D eigenvalue weighted by Gasteiger charge is -2.56. The highest BCUT2D eigenvalue weighted by Crippen LogP contribution is 2.61. The van der Waals surface area contributed by atoms with E-state index in [1.165, 1.54) is 50.3 Å². The number of amides is 1. The van der Waals surface area contributed by atoms with Crippen molar-refractivity contribution in [2.45, 2.75) is 63.6 Å². The van der Waals surface area contributed by atoms with Gasteiger partial charge >= 0.3 is 0 Å². The van der Waals surface area contributed by atoms with Crippen molar-refractivity contribution >= 4 is 23.4 Å². The Morgan fingerprint density at radius 1 is 1.10 bits per heavy atom. The third kappa shape index (κ3) is 3.96. The van der Waals surface area contributed by atoms with E-state index >= 15 is 0 Å². The van der Waals surface area contributed by atoms with Gasteiger partial charge in [0.1, 0.15) is 5.82 Å². The van der Waals surface area contributed by atoms with Crippen LogP contribution in [0.3, 0.4) is 0 Å². The summed E-state index contributed by atoms with van der Waals surface area (Å²) in [6.45, 7) is 3.01. The van der Waals surface area contributed by atoms with Gasteiger partial charge in [0.25, 0.3) is 0 Å². The number of hydrogen-bond acceptors (Lipinski definition) is 4. The van der Waals surface area contributed by atoms with Crippen LogP contribution in [0.1, 0.15) is 51.3 Å². The first-order valence-electron chi connectivity index (χ1n) is 11.0. The van der Waals surface area contributed by atoms with Gasteiger partial charge in [-0.15, -0.1) is 10.2 Å². The second kappa shape index (κ2) is 7.78. The van der Waals surface area contributed by atoms with E-state index in [0.717, 1.165) is 47.4 Å². The van der Waals surface area contributed by atoms with Crippen molar-refractivity contribution in [1.82, 2.24) is 14.8 Å². The molecule has 1 amide bonds. The van der Waals surface area contributed by atoms with E-state index in [2.05, 4.69) is 27.0 Å². The summed E-state index contributed by atoms with van der Waals surface area (Å²) in [6.07, 6.45) is 9.63. The van der Waals surface area contributed by atoms with Crippen LogP contribution in [0.4, 0.5) is 5.69 Å². The van der Waals surface area contributed by atoms with E-state index in [1.54, 1.807) is 0 Å². The smallest absolute Gasteiger partial charge is 0.234 e. The molecular weight excluding hydrogens is 380 g/mol. The zero-order chi connectivity index (χ0) is 19.8. The molecule has 0 saturated heterocycles. The number of para-hydroxylation sites is 1. The lowest BCUT2D eigenvalue weighted by molar-refractivity contribution is -0.113. The SMILES string of the molecule is CCn1c(CC23CC4CC(CC(C4)C2)C3)nnc1SCC(=O)Nc1ccccc1. The van der Waals surface area contributed by atoms with E-state index < -0.39 is 0 Å². The Hall–Kier alpha value is -1.82. The molecule has 4 bridgehead atoms. The minimum absolute atomic E-state index is 0.00510. The number of benzene rings is 1. The number of carbonyl (C=O) groups is 1. The predicted molar refractivity (Wildman–Crippen MR) is 116 cm³/mol. The number of thioether (sulfide) groups is 1. The highest BCUT2D eigenvalue weighted by molar-refractivity contribution is 7.99. The maximum absolute atomic E-state index is 12.3. The summed E-state index contributed by atoms with van der Waals surface area (Å²) in [5.74, 6) is 4.33. The summed E-state index contributed by atoms with van der Waals surface area (Å²) in [7, 11) is 0. The molecular formula is C23H30N4OS. The van der Waals surface area contributed by atoms with Crippen molar-refractivity contribution in [3.8, 4) is 0 Å². The van der Waals surface area contributed by atoms with Crippen molar-refractivity contribution < 1.29 is 4.79 Å². The molecule has 6 heteroatoms. The normalized spacial score (nSPS) is 29.9. The van der Waals surface area contributed by atoms with Crippen LogP contribution in [0, 0.1) is 23.2 Å². The van der Waals surface area contributed by atoms with Gasteiger partial charge in [-0.2, -0.15) is 0 Å². The maximum Gasteiger partial charge on any atom is 0.234 e. The third-order valence-corrected chi connectivity index (χ3v) is 8.16. The predicted octanol–water partition coefficient (Wildman–Crippen LogP) is 4.79. The summed E-state index contributed by atoms with van der Waals surface area (Å²) in [5, 5.41) is 12.9. The Balaban J connectivity index is 1.24. The van der Waals surface area contributed by atoms with Crippen LogP contribution < -0.4 is 5.32 Å². The zero-order valence-electron chi connectivity index (χ0n) is 17.1. The Labute approximate surface area is 177 Å². The standard InChI is InChI=1S/C23H30N4OS/c1-2-27-20(14-23-11-16-8-17(12-23)10-18(9-16)13-23)25-26-22(27)29-15-21(28)24-19-6-4-3-5-7-19/h3-7,16-18H,2,8-15H2,1H3,(H,24,28). The average molecular weight is 411 g/mol. The number of nitrogens with zero attached hydrogens (tertiary/aromatic N) is 3. The molecule has 4 aliphatic rings. The molecule has 2 aromatic rings. The van der Waals surface area contributed by atoms with Crippen LogP contribution >= 0.6 is 11.8 Å². The molecule has 29 heavy (non-hydrogen) atoms. The number of nitrogens with one attached hydrogen (secondary N) is 1. The molecule has 5 nitrogen and oxygen atoms in total. The van der Waals surface area contributed by atoms with Gasteiger partial charge < -0.3 is 9.88 Å². The average Bonchev–Trinajstić information content (AvgIpc) is 3.07. The van der Waals surface area contributed by atoms with Gasteiger partial charge in [0.05, 0.1) is 5.75 Å². The summed E-state index contributed by atoms with van der Waals surface area (Å²) in [4.78, 5) is 12.3. The molecule has 0 radical (unpaired) electrons. The summed E-state index contributed by atoms with van der Waals surface area (Å²) in [6, 6.07) is 9.60. The van der Waals surface area contributed by atoms with E-state index in [0.29, 0.717) is 11.2 Å². The van der Waals surface area contributed by atoms with Crippen molar-refractivity contribution in [3.63, 3.8) is 0 Å². The molecule has 0 atom stereocenters. The summed E-state index contributed by atoms with van der Waals surface area (Å²) >= 11 is 1.49. The first-order chi connectivity index (χ1) is 14.1. The molecule has 0 unspecified atom stereocenters. The van der Waals surface area contributed by atoms with E-state index in [9.17, 15) is 4.79 Å². The Kier molecular flexibility index (Phi) is 5.14. The molecule has 4 saturated carbocycles. The molecule has 6 rings (SSSR count). The first kappa shape index (κ1) is 19.2. The van der Waals surface area contributed by atoms with Gasteiger partial charge in [-0.1, -0.05) is 30.0 Å². The van der Waals surface area contributed by atoms with Crippen molar-refractivity contribution in [3.05, 3.63) is 36.2 Å². The first-order valence-corrected chi connectivity index (χ1v) is 12.0. The van der Waals surface area contributed by atoms with Gasteiger partial charge in [0.15, 0.2) is 5.16 Å². The maximum atomic E-state index is 12.3. The fourth-order valence-electron chi connectivity index (χ4n) is 6.56. The summed E-state index contributed by atoms with van der Waals surface area (Å²) in [5.41, 5.74) is 1.29. The number of anilines is 1. The van der Waals surface area contributed by atoms with Crippen LogP contribution in [0.15, 0.2) is 35.5 Å². The fraction of sp³-hybridized carbons (Fsp3) is 0.609. The monoisotopic (exact) mass is 410 g/mol.